The molecule has 1 saturated heterocycles. The van der Waals surface area contributed by atoms with Gasteiger partial charge in [0.1, 0.15) is 5.76 Å². The zero-order valence-corrected chi connectivity index (χ0v) is 11.1. The fraction of sp³-hybridized carbons (Fsp3) is 0.643. The number of likely N-dealkylation sites (tertiary alicyclic amines) is 1. The zero-order chi connectivity index (χ0) is 13.1. The molecule has 0 spiro atoms. The Bertz CT molecular complexity index is 425. The Kier molecular flexibility index (Phi) is 4.07. The smallest absolute Gasteiger partial charge is 0.371 e. The number of hydrogen-bond acceptors (Lipinski definition) is 3. The van der Waals surface area contributed by atoms with E-state index in [-0.39, 0.29) is 5.76 Å². The highest BCUT2D eigenvalue weighted by Crippen LogP contribution is 2.24. The molecule has 0 radical (unpaired) electrons. The van der Waals surface area contributed by atoms with Crippen LogP contribution in [0.25, 0.3) is 0 Å². The van der Waals surface area contributed by atoms with E-state index < -0.39 is 5.97 Å². The summed E-state index contributed by atoms with van der Waals surface area (Å²) in [5, 5.41) is 8.92. The quantitative estimate of drug-likeness (QED) is 0.893. The third kappa shape index (κ3) is 2.75. The van der Waals surface area contributed by atoms with Gasteiger partial charge in [0.15, 0.2) is 0 Å². The first kappa shape index (κ1) is 13.1. The lowest BCUT2D eigenvalue weighted by Crippen LogP contribution is -2.38. The van der Waals surface area contributed by atoms with E-state index in [2.05, 4.69) is 11.8 Å². The van der Waals surface area contributed by atoms with Gasteiger partial charge < -0.3 is 9.52 Å². The summed E-state index contributed by atoms with van der Waals surface area (Å²) in [4.78, 5) is 13.3. The molecule has 0 bridgehead atoms. The van der Waals surface area contributed by atoms with Gasteiger partial charge in [-0.2, -0.15) is 0 Å². The fourth-order valence-electron chi connectivity index (χ4n) is 2.73. The van der Waals surface area contributed by atoms with Gasteiger partial charge in [-0.05, 0) is 38.8 Å². The van der Waals surface area contributed by atoms with Crippen molar-refractivity contribution in [2.75, 3.05) is 6.54 Å². The molecule has 0 amide bonds. The monoisotopic (exact) mass is 251 g/mol. The summed E-state index contributed by atoms with van der Waals surface area (Å²) in [6.07, 6.45) is 4.95. The first-order valence-electron chi connectivity index (χ1n) is 6.68. The van der Waals surface area contributed by atoms with Crippen molar-refractivity contribution in [3.8, 4) is 0 Å². The summed E-state index contributed by atoms with van der Waals surface area (Å²) in [6, 6.07) is 2.29. The summed E-state index contributed by atoms with van der Waals surface area (Å²) in [5.41, 5.74) is 1.01. The summed E-state index contributed by atoms with van der Waals surface area (Å²) in [6.45, 7) is 5.97. The van der Waals surface area contributed by atoms with Crippen LogP contribution in [0.5, 0.6) is 0 Å². The Morgan fingerprint density at radius 1 is 1.56 bits per heavy atom. The van der Waals surface area contributed by atoms with Crippen molar-refractivity contribution >= 4 is 5.97 Å². The average molecular weight is 251 g/mol. The van der Waals surface area contributed by atoms with E-state index in [0.717, 1.165) is 30.8 Å². The summed E-state index contributed by atoms with van der Waals surface area (Å²) in [7, 11) is 0. The number of nitrogens with zero attached hydrogens (tertiary/aromatic N) is 1. The first-order valence-corrected chi connectivity index (χ1v) is 6.68. The number of aryl methyl sites for hydroxylation is 1. The van der Waals surface area contributed by atoms with Crippen LogP contribution in [0.2, 0.25) is 0 Å². The Labute approximate surface area is 108 Å². The predicted molar refractivity (Wildman–Crippen MR) is 68.7 cm³/mol. The van der Waals surface area contributed by atoms with Crippen LogP contribution in [0, 0.1) is 6.92 Å². The van der Waals surface area contributed by atoms with Gasteiger partial charge in [-0.1, -0.05) is 13.3 Å². The van der Waals surface area contributed by atoms with E-state index >= 15 is 0 Å². The van der Waals surface area contributed by atoms with Crippen molar-refractivity contribution in [3.63, 3.8) is 0 Å². The highest BCUT2D eigenvalue weighted by Gasteiger charge is 2.23. The van der Waals surface area contributed by atoms with Gasteiger partial charge in [0, 0.05) is 18.2 Å². The molecule has 2 rings (SSSR count). The molecule has 0 aliphatic carbocycles. The predicted octanol–water partition coefficient (Wildman–Crippen LogP) is 3.05. The molecule has 1 aromatic heterocycles. The number of carboxylic acids is 1. The van der Waals surface area contributed by atoms with Crippen LogP contribution >= 0.6 is 0 Å². The number of carboxylic acid groups (broad SMARTS) is 1. The van der Waals surface area contributed by atoms with Gasteiger partial charge in [0.05, 0.1) is 0 Å². The lowest BCUT2D eigenvalue weighted by Gasteiger charge is -2.35. The molecule has 1 unspecified atom stereocenters. The second kappa shape index (κ2) is 5.57. The van der Waals surface area contributed by atoms with E-state index in [1.54, 1.807) is 6.07 Å². The molecule has 2 heterocycles. The van der Waals surface area contributed by atoms with Gasteiger partial charge in [-0.3, -0.25) is 4.90 Å². The minimum absolute atomic E-state index is 0.0487. The van der Waals surface area contributed by atoms with Crippen LogP contribution in [0.15, 0.2) is 10.5 Å². The van der Waals surface area contributed by atoms with Gasteiger partial charge in [0.2, 0.25) is 5.76 Å². The van der Waals surface area contributed by atoms with Gasteiger partial charge in [0.25, 0.3) is 0 Å². The van der Waals surface area contributed by atoms with Crippen LogP contribution in [0.4, 0.5) is 0 Å². The molecule has 1 fully saturated rings. The zero-order valence-electron chi connectivity index (χ0n) is 11.1. The molecular weight excluding hydrogens is 230 g/mol. The van der Waals surface area contributed by atoms with Crippen molar-refractivity contribution in [1.82, 2.24) is 4.90 Å². The standard InChI is InChI=1S/C14H21NO3/c1-3-12-6-4-5-7-15(12)9-11-8-13(14(16)17)18-10(11)2/h8,12H,3-7,9H2,1-2H3,(H,16,17). The molecular formula is C14H21NO3. The number of hydrogen-bond donors (Lipinski definition) is 1. The van der Waals surface area contributed by atoms with E-state index in [0.29, 0.717) is 6.04 Å². The second-order valence-electron chi connectivity index (χ2n) is 5.03. The molecule has 1 N–H and O–H groups in total. The molecule has 18 heavy (non-hydrogen) atoms. The lowest BCUT2D eigenvalue weighted by molar-refractivity contribution is 0.0661. The van der Waals surface area contributed by atoms with Crippen LogP contribution in [0.3, 0.4) is 0 Å². The van der Waals surface area contributed by atoms with Crippen LogP contribution in [-0.2, 0) is 6.54 Å². The molecule has 1 aromatic rings. The van der Waals surface area contributed by atoms with Crippen molar-refractivity contribution in [3.05, 3.63) is 23.2 Å². The van der Waals surface area contributed by atoms with Gasteiger partial charge in [-0.25, -0.2) is 4.79 Å². The summed E-state index contributed by atoms with van der Waals surface area (Å²) >= 11 is 0. The Balaban J connectivity index is 2.10. The third-order valence-corrected chi connectivity index (χ3v) is 3.83. The van der Waals surface area contributed by atoms with Crippen LogP contribution < -0.4 is 0 Å². The maximum absolute atomic E-state index is 10.9. The van der Waals surface area contributed by atoms with Crippen LogP contribution in [0.1, 0.15) is 54.5 Å². The topological polar surface area (TPSA) is 53.7 Å². The SMILES string of the molecule is CCC1CCCCN1Cc1cc(C(=O)O)oc1C. The molecule has 0 aromatic carbocycles. The molecule has 1 aliphatic rings. The third-order valence-electron chi connectivity index (χ3n) is 3.83. The maximum Gasteiger partial charge on any atom is 0.371 e. The number of rotatable bonds is 4. The summed E-state index contributed by atoms with van der Waals surface area (Å²) in [5.74, 6) is -0.213. The first-order chi connectivity index (χ1) is 8.61. The van der Waals surface area contributed by atoms with Gasteiger partial charge in [-0.15, -0.1) is 0 Å². The summed E-state index contributed by atoms with van der Waals surface area (Å²) < 4.78 is 5.26. The molecule has 1 atom stereocenters. The molecule has 4 nitrogen and oxygen atoms in total. The highest BCUT2D eigenvalue weighted by molar-refractivity contribution is 5.84. The normalized spacial score (nSPS) is 21.1. The highest BCUT2D eigenvalue weighted by atomic mass is 16.4. The van der Waals surface area contributed by atoms with E-state index in [4.69, 9.17) is 9.52 Å². The molecule has 1 aliphatic heterocycles. The minimum atomic E-state index is -0.991. The lowest BCUT2D eigenvalue weighted by atomic mass is 9.99. The van der Waals surface area contributed by atoms with Crippen molar-refractivity contribution < 1.29 is 14.3 Å². The number of carbonyl (C=O) groups is 1. The number of aromatic carboxylic acids is 1. The maximum atomic E-state index is 10.9. The molecule has 0 saturated carbocycles. The fourth-order valence-corrected chi connectivity index (χ4v) is 2.73. The Hall–Kier alpha value is -1.29. The number of furan rings is 1. The number of piperidine rings is 1. The Morgan fingerprint density at radius 2 is 2.33 bits per heavy atom. The Morgan fingerprint density at radius 3 is 2.94 bits per heavy atom. The van der Waals surface area contributed by atoms with Crippen LogP contribution in [-0.4, -0.2) is 28.6 Å². The van der Waals surface area contributed by atoms with E-state index in [1.807, 2.05) is 6.92 Å². The molecule has 4 heteroatoms. The van der Waals surface area contributed by atoms with Crippen molar-refractivity contribution in [2.24, 2.45) is 0 Å². The average Bonchev–Trinajstić information content (AvgIpc) is 2.72. The van der Waals surface area contributed by atoms with Gasteiger partial charge >= 0.3 is 5.97 Å². The second-order valence-corrected chi connectivity index (χ2v) is 5.03. The van der Waals surface area contributed by atoms with Crippen molar-refractivity contribution in [1.29, 1.82) is 0 Å². The molecule has 100 valence electrons. The van der Waals surface area contributed by atoms with E-state index in [9.17, 15) is 4.79 Å². The van der Waals surface area contributed by atoms with Crippen molar-refractivity contribution in [2.45, 2.75) is 52.1 Å². The minimum Gasteiger partial charge on any atom is -0.475 e. The largest absolute Gasteiger partial charge is 0.475 e. The van der Waals surface area contributed by atoms with E-state index in [1.165, 1.54) is 19.3 Å².